The molecule has 0 spiro atoms. The van der Waals surface area contributed by atoms with Crippen LogP contribution in [0.4, 0.5) is 0 Å². The van der Waals surface area contributed by atoms with Crippen molar-refractivity contribution in [3.8, 4) is 5.75 Å². The summed E-state index contributed by atoms with van der Waals surface area (Å²) in [6, 6.07) is 16.5. The molecule has 2 aromatic rings. The van der Waals surface area contributed by atoms with Crippen LogP contribution in [-0.2, 0) is 0 Å². The third kappa shape index (κ3) is 2.54. The summed E-state index contributed by atoms with van der Waals surface area (Å²) in [4.78, 5) is 0. The third-order valence-corrected chi connectivity index (χ3v) is 3.20. The van der Waals surface area contributed by atoms with E-state index in [0.717, 1.165) is 11.3 Å². The van der Waals surface area contributed by atoms with E-state index in [1.54, 1.807) is 7.11 Å². The summed E-state index contributed by atoms with van der Waals surface area (Å²) in [6.45, 7) is 2.66. The van der Waals surface area contributed by atoms with Gasteiger partial charge in [-0.15, -0.1) is 0 Å². The number of aryl methyl sites for hydroxylation is 1. The van der Waals surface area contributed by atoms with Gasteiger partial charge in [0.25, 0.3) is 0 Å². The molecule has 1 atom stereocenters. The molecule has 0 amide bonds. The van der Waals surface area contributed by atoms with Crippen molar-refractivity contribution in [2.45, 2.75) is 12.8 Å². The normalized spacial score (nSPS) is 12.2. The minimum Gasteiger partial charge on any atom is -0.496 e. The average molecular weight is 241 g/mol. The van der Waals surface area contributed by atoms with Gasteiger partial charge in [0.2, 0.25) is 0 Å². The minimum absolute atomic E-state index is 0.182. The van der Waals surface area contributed by atoms with E-state index in [1.807, 2.05) is 24.3 Å². The minimum atomic E-state index is 0.182. The van der Waals surface area contributed by atoms with Crippen LogP contribution < -0.4 is 10.5 Å². The van der Waals surface area contributed by atoms with Crippen molar-refractivity contribution < 1.29 is 4.74 Å². The molecule has 0 heterocycles. The van der Waals surface area contributed by atoms with Gasteiger partial charge in [-0.05, 0) is 18.6 Å². The molecule has 0 saturated heterocycles. The summed E-state index contributed by atoms with van der Waals surface area (Å²) in [5.41, 5.74) is 9.56. The molecule has 18 heavy (non-hydrogen) atoms. The Kier molecular flexibility index (Phi) is 4.00. The Hall–Kier alpha value is -1.80. The molecule has 0 aromatic heterocycles. The van der Waals surface area contributed by atoms with Crippen LogP contribution in [0.3, 0.4) is 0 Å². The van der Waals surface area contributed by atoms with Gasteiger partial charge < -0.3 is 10.5 Å². The number of benzene rings is 2. The summed E-state index contributed by atoms with van der Waals surface area (Å²) in [5, 5.41) is 0. The number of ether oxygens (including phenoxy) is 1. The van der Waals surface area contributed by atoms with Crippen LogP contribution in [0.15, 0.2) is 48.5 Å². The zero-order valence-corrected chi connectivity index (χ0v) is 10.9. The molecule has 0 bridgehead atoms. The summed E-state index contributed by atoms with van der Waals surface area (Å²) >= 11 is 0. The number of hydrogen-bond acceptors (Lipinski definition) is 2. The molecule has 2 rings (SSSR count). The van der Waals surface area contributed by atoms with E-state index in [0.29, 0.717) is 6.54 Å². The van der Waals surface area contributed by atoms with Crippen molar-refractivity contribution in [3.63, 3.8) is 0 Å². The van der Waals surface area contributed by atoms with E-state index >= 15 is 0 Å². The summed E-state index contributed by atoms with van der Waals surface area (Å²) in [6.07, 6.45) is 0. The van der Waals surface area contributed by atoms with E-state index in [2.05, 4.69) is 31.2 Å². The lowest BCUT2D eigenvalue weighted by atomic mass is 9.90. The predicted octanol–water partition coefficient (Wildman–Crippen LogP) is 3.09. The fraction of sp³-hybridized carbons (Fsp3) is 0.250. The largest absolute Gasteiger partial charge is 0.496 e. The number of rotatable bonds is 4. The van der Waals surface area contributed by atoms with Gasteiger partial charge in [-0.2, -0.15) is 0 Å². The van der Waals surface area contributed by atoms with E-state index < -0.39 is 0 Å². The maximum absolute atomic E-state index is 5.95. The van der Waals surface area contributed by atoms with Gasteiger partial charge in [0.05, 0.1) is 7.11 Å². The topological polar surface area (TPSA) is 35.2 Å². The van der Waals surface area contributed by atoms with Gasteiger partial charge in [-0.3, -0.25) is 0 Å². The van der Waals surface area contributed by atoms with Crippen molar-refractivity contribution >= 4 is 0 Å². The van der Waals surface area contributed by atoms with Gasteiger partial charge in [0, 0.05) is 18.0 Å². The number of hydrogen-bond donors (Lipinski definition) is 1. The molecule has 2 nitrogen and oxygen atoms in total. The van der Waals surface area contributed by atoms with Gasteiger partial charge in [-0.25, -0.2) is 0 Å². The first-order chi connectivity index (χ1) is 8.76. The third-order valence-electron chi connectivity index (χ3n) is 3.20. The van der Waals surface area contributed by atoms with Crippen LogP contribution in [0.25, 0.3) is 0 Å². The molecule has 2 N–H and O–H groups in total. The lowest BCUT2D eigenvalue weighted by Gasteiger charge is -2.19. The molecular weight excluding hydrogens is 222 g/mol. The van der Waals surface area contributed by atoms with Crippen LogP contribution in [0.1, 0.15) is 22.6 Å². The van der Waals surface area contributed by atoms with E-state index in [9.17, 15) is 0 Å². The van der Waals surface area contributed by atoms with Crippen molar-refractivity contribution in [1.29, 1.82) is 0 Å². The SMILES string of the molecule is COc1ccc(C)cc1C(CN)c1ccccc1. The highest BCUT2D eigenvalue weighted by atomic mass is 16.5. The molecular formula is C16H19NO. The Morgan fingerprint density at radius 3 is 2.44 bits per heavy atom. The molecule has 0 radical (unpaired) electrons. The lowest BCUT2D eigenvalue weighted by Crippen LogP contribution is -2.14. The smallest absolute Gasteiger partial charge is 0.122 e. The van der Waals surface area contributed by atoms with Crippen LogP contribution in [-0.4, -0.2) is 13.7 Å². The predicted molar refractivity (Wildman–Crippen MR) is 75.1 cm³/mol. The Bertz CT molecular complexity index is 508. The zero-order chi connectivity index (χ0) is 13.0. The highest BCUT2D eigenvalue weighted by Gasteiger charge is 2.16. The quantitative estimate of drug-likeness (QED) is 0.892. The van der Waals surface area contributed by atoms with Crippen LogP contribution in [0, 0.1) is 6.92 Å². The lowest BCUT2D eigenvalue weighted by molar-refractivity contribution is 0.407. The Balaban J connectivity index is 2.48. The molecule has 0 aliphatic rings. The van der Waals surface area contributed by atoms with Crippen LogP contribution >= 0.6 is 0 Å². The maximum Gasteiger partial charge on any atom is 0.122 e. The van der Waals surface area contributed by atoms with Gasteiger partial charge in [0.1, 0.15) is 5.75 Å². The number of nitrogens with two attached hydrogens (primary N) is 1. The fourth-order valence-corrected chi connectivity index (χ4v) is 2.25. The highest BCUT2D eigenvalue weighted by Crippen LogP contribution is 2.31. The Morgan fingerprint density at radius 2 is 1.83 bits per heavy atom. The van der Waals surface area contributed by atoms with Crippen LogP contribution in [0.2, 0.25) is 0 Å². The molecule has 94 valence electrons. The van der Waals surface area contributed by atoms with Gasteiger partial charge in [-0.1, -0.05) is 48.0 Å². The van der Waals surface area contributed by atoms with Gasteiger partial charge in [0.15, 0.2) is 0 Å². The van der Waals surface area contributed by atoms with Crippen molar-refractivity contribution in [2.75, 3.05) is 13.7 Å². The first-order valence-electron chi connectivity index (χ1n) is 6.15. The zero-order valence-electron chi connectivity index (χ0n) is 10.9. The van der Waals surface area contributed by atoms with E-state index in [4.69, 9.17) is 10.5 Å². The van der Waals surface area contributed by atoms with Crippen molar-refractivity contribution in [3.05, 3.63) is 65.2 Å². The van der Waals surface area contributed by atoms with Crippen molar-refractivity contribution in [1.82, 2.24) is 0 Å². The fourth-order valence-electron chi connectivity index (χ4n) is 2.25. The molecule has 2 heteroatoms. The molecule has 0 aliphatic carbocycles. The summed E-state index contributed by atoms with van der Waals surface area (Å²) in [7, 11) is 1.70. The molecule has 2 aromatic carbocycles. The second kappa shape index (κ2) is 5.69. The second-order valence-corrected chi connectivity index (χ2v) is 4.44. The highest BCUT2D eigenvalue weighted by molar-refractivity contribution is 5.44. The molecule has 0 saturated carbocycles. The Labute approximate surface area is 108 Å². The molecule has 0 aliphatic heterocycles. The van der Waals surface area contributed by atoms with E-state index in [-0.39, 0.29) is 5.92 Å². The molecule has 0 fully saturated rings. The number of methoxy groups -OCH3 is 1. The van der Waals surface area contributed by atoms with Crippen molar-refractivity contribution in [2.24, 2.45) is 5.73 Å². The Morgan fingerprint density at radius 1 is 1.11 bits per heavy atom. The second-order valence-electron chi connectivity index (χ2n) is 4.44. The first-order valence-corrected chi connectivity index (χ1v) is 6.15. The summed E-state index contributed by atoms with van der Waals surface area (Å²) < 4.78 is 5.45. The molecule has 1 unspecified atom stereocenters. The monoisotopic (exact) mass is 241 g/mol. The van der Waals surface area contributed by atoms with Gasteiger partial charge >= 0.3 is 0 Å². The first kappa shape index (κ1) is 12.7. The maximum atomic E-state index is 5.95. The summed E-state index contributed by atoms with van der Waals surface area (Å²) in [5.74, 6) is 1.08. The van der Waals surface area contributed by atoms with Crippen LogP contribution in [0.5, 0.6) is 5.75 Å². The standard InChI is InChI=1S/C16H19NO/c1-12-8-9-16(18-2)14(10-12)15(11-17)13-6-4-3-5-7-13/h3-10,15H,11,17H2,1-2H3. The average Bonchev–Trinajstić information content (AvgIpc) is 2.41. The van der Waals surface area contributed by atoms with E-state index in [1.165, 1.54) is 11.1 Å².